The number of carbonyl (C=O) groups excluding carboxylic acids is 1. The van der Waals surface area contributed by atoms with Crippen LogP contribution in [0.4, 0.5) is 0 Å². The number of piperidine rings is 1. The smallest absolute Gasteiger partial charge is 0.246 e. The van der Waals surface area contributed by atoms with E-state index in [-0.39, 0.29) is 23.8 Å². The molecule has 184 valence electrons. The maximum Gasteiger partial charge on any atom is 0.246 e. The molecule has 2 aliphatic rings. The van der Waals surface area contributed by atoms with Gasteiger partial charge in [-0.05, 0) is 58.1 Å². The number of ether oxygens (including phenoxy) is 2. The van der Waals surface area contributed by atoms with E-state index < -0.39 is 11.0 Å². The number of carbonyl (C=O) groups is 1. The molecule has 0 aromatic rings. The molecule has 8 nitrogen and oxygen atoms in total. The monoisotopic (exact) mass is 470 g/mol. The van der Waals surface area contributed by atoms with Crippen molar-refractivity contribution in [2.75, 3.05) is 39.1 Å². The van der Waals surface area contributed by atoms with E-state index in [1.54, 1.807) is 25.8 Å². The predicted octanol–water partition coefficient (Wildman–Crippen LogP) is 3.45. The molecule has 0 bridgehead atoms. The molecular formula is C23H42N4O4S. The van der Waals surface area contributed by atoms with Crippen molar-refractivity contribution in [3.8, 4) is 0 Å². The van der Waals surface area contributed by atoms with Crippen LogP contribution in [0.3, 0.4) is 0 Å². The van der Waals surface area contributed by atoms with Crippen molar-refractivity contribution in [1.82, 2.24) is 14.9 Å². The molecule has 2 heterocycles. The molecule has 2 saturated heterocycles. The summed E-state index contributed by atoms with van der Waals surface area (Å²) in [5.41, 5.74) is -1.30. The molecule has 9 heteroatoms. The molecule has 1 amide bonds. The minimum Gasteiger partial charge on any atom is -0.494 e. The Labute approximate surface area is 197 Å². The highest BCUT2D eigenvalue weighted by atomic mass is 32.2. The Morgan fingerprint density at radius 3 is 2.69 bits per heavy atom. The molecule has 2 atom stereocenters. The first-order valence-corrected chi connectivity index (χ1v) is 12.8. The van der Waals surface area contributed by atoms with Crippen LogP contribution in [0.1, 0.15) is 59.8 Å². The molecule has 0 aromatic carbocycles. The SMILES string of the molecule is CSN1CCC[C@H](CNC(C)(C)C(=O)N/C(O)=C/C(=N)C(C)(C)COC2CCCCO2)C1. The summed E-state index contributed by atoms with van der Waals surface area (Å²) in [6.07, 6.45) is 8.46. The Morgan fingerprint density at radius 1 is 1.28 bits per heavy atom. The van der Waals surface area contributed by atoms with Gasteiger partial charge in [0.25, 0.3) is 0 Å². The van der Waals surface area contributed by atoms with E-state index in [2.05, 4.69) is 21.2 Å². The third-order valence-electron chi connectivity index (χ3n) is 6.16. The van der Waals surface area contributed by atoms with E-state index in [4.69, 9.17) is 14.9 Å². The summed E-state index contributed by atoms with van der Waals surface area (Å²) in [7, 11) is 0. The Morgan fingerprint density at radius 2 is 2.03 bits per heavy atom. The highest BCUT2D eigenvalue weighted by molar-refractivity contribution is 7.96. The zero-order valence-corrected chi connectivity index (χ0v) is 21.1. The molecule has 0 spiro atoms. The number of allylic oxidation sites excluding steroid dienone is 1. The first-order valence-electron chi connectivity index (χ1n) is 11.6. The van der Waals surface area contributed by atoms with Crippen LogP contribution >= 0.6 is 11.9 Å². The Bertz CT molecular complexity index is 662. The van der Waals surface area contributed by atoms with Crippen LogP contribution in [-0.4, -0.2) is 72.0 Å². The largest absolute Gasteiger partial charge is 0.494 e. The van der Waals surface area contributed by atoms with Crippen molar-refractivity contribution < 1.29 is 19.4 Å². The summed E-state index contributed by atoms with van der Waals surface area (Å²) in [4.78, 5) is 12.7. The van der Waals surface area contributed by atoms with Gasteiger partial charge in [-0.3, -0.25) is 14.4 Å². The van der Waals surface area contributed by atoms with Gasteiger partial charge in [0.05, 0.1) is 12.1 Å². The summed E-state index contributed by atoms with van der Waals surface area (Å²) in [5, 5.41) is 24.5. The number of nitrogens with zero attached hydrogens (tertiary/aromatic N) is 1. The van der Waals surface area contributed by atoms with Crippen LogP contribution in [0.25, 0.3) is 0 Å². The minimum absolute atomic E-state index is 0.177. The van der Waals surface area contributed by atoms with E-state index >= 15 is 0 Å². The second-order valence-corrected chi connectivity index (χ2v) is 10.9. The Balaban J connectivity index is 1.82. The number of aliphatic hydroxyl groups excluding tert-OH is 1. The fourth-order valence-electron chi connectivity index (χ4n) is 3.70. The molecule has 4 N–H and O–H groups in total. The lowest BCUT2D eigenvalue weighted by atomic mass is 9.88. The first-order chi connectivity index (χ1) is 15.0. The van der Waals surface area contributed by atoms with Gasteiger partial charge in [0.2, 0.25) is 5.91 Å². The van der Waals surface area contributed by atoms with Crippen molar-refractivity contribution in [3.05, 3.63) is 12.0 Å². The van der Waals surface area contributed by atoms with Crippen molar-refractivity contribution in [3.63, 3.8) is 0 Å². The topological polar surface area (TPSA) is 107 Å². The van der Waals surface area contributed by atoms with Crippen molar-refractivity contribution in [2.24, 2.45) is 11.3 Å². The number of amides is 1. The summed E-state index contributed by atoms with van der Waals surface area (Å²) in [5.74, 6) is -0.168. The fraction of sp³-hybridized carbons (Fsp3) is 0.826. The maximum absolute atomic E-state index is 12.7. The van der Waals surface area contributed by atoms with Gasteiger partial charge in [-0.2, -0.15) is 0 Å². The number of rotatable bonds is 11. The predicted molar refractivity (Wildman–Crippen MR) is 130 cm³/mol. The lowest BCUT2D eigenvalue weighted by Gasteiger charge is -2.33. The highest BCUT2D eigenvalue weighted by Gasteiger charge is 2.31. The van der Waals surface area contributed by atoms with Crippen LogP contribution in [-0.2, 0) is 14.3 Å². The molecule has 0 aliphatic carbocycles. The van der Waals surface area contributed by atoms with Gasteiger partial charge in [-0.25, -0.2) is 0 Å². The number of hydrogen-bond donors (Lipinski definition) is 4. The lowest BCUT2D eigenvalue weighted by Crippen LogP contribution is -2.54. The summed E-state index contributed by atoms with van der Waals surface area (Å²) < 4.78 is 13.7. The van der Waals surface area contributed by atoms with Gasteiger partial charge in [0.1, 0.15) is 0 Å². The van der Waals surface area contributed by atoms with E-state index in [1.807, 2.05) is 13.8 Å². The van der Waals surface area contributed by atoms with E-state index in [1.165, 1.54) is 6.08 Å². The molecule has 1 unspecified atom stereocenters. The Hall–Kier alpha value is -1.13. The second kappa shape index (κ2) is 12.4. The van der Waals surface area contributed by atoms with Crippen LogP contribution < -0.4 is 10.6 Å². The third kappa shape index (κ3) is 8.67. The molecule has 32 heavy (non-hydrogen) atoms. The molecule has 2 aliphatic heterocycles. The van der Waals surface area contributed by atoms with E-state index in [0.717, 1.165) is 51.7 Å². The van der Waals surface area contributed by atoms with Crippen LogP contribution in [0.15, 0.2) is 12.0 Å². The van der Waals surface area contributed by atoms with Gasteiger partial charge in [0, 0.05) is 43.4 Å². The quantitative estimate of drug-likeness (QED) is 0.208. The van der Waals surface area contributed by atoms with E-state index in [9.17, 15) is 9.90 Å². The zero-order chi connectivity index (χ0) is 23.8. The summed E-state index contributed by atoms with van der Waals surface area (Å²) >= 11 is 1.77. The molecular weight excluding hydrogens is 428 g/mol. The third-order valence-corrected chi connectivity index (χ3v) is 7.01. The van der Waals surface area contributed by atoms with Crippen molar-refractivity contribution in [1.29, 1.82) is 5.41 Å². The van der Waals surface area contributed by atoms with Crippen LogP contribution in [0.2, 0.25) is 0 Å². The van der Waals surface area contributed by atoms with Crippen LogP contribution in [0.5, 0.6) is 0 Å². The van der Waals surface area contributed by atoms with E-state index in [0.29, 0.717) is 19.1 Å². The molecule has 0 aromatic heterocycles. The number of hydrogen-bond acceptors (Lipinski definition) is 8. The second-order valence-electron chi connectivity index (χ2n) is 9.97. The normalized spacial score (nSPS) is 23.7. The fourth-order valence-corrected chi connectivity index (χ4v) is 4.37. The summed E-state index contributed by atoms with van der Waals surface area (Å²) in [6, 6.07) is 0. The Kier molecular flexibility index (Phi) is 10.5. The molecule has 0 radical (unpaired) electrons. The molecule has 2 rings (SSSR count). The number of nitrogens with one attached hydrogen (secondary N) is 3. The van der Waals surface area contributed by atoms with Gasteiger partial charge in [0.15, 0.2) is 12.2 Å². The average Bonchev–Trinajstić information content (AvgIpc) is 2.77. The average molecular weight is 471 g/mol. The van der Waals surface area contributed by atoms with Crippen LogP contribution in [0, 0.1) is 16.7 Å². The van der Waals surface area contributed by atoms with Crippen molar-refractivity contribution in [2.45, 2.75) is 71.6 Å². The van der Waals surface area contributed by atoms with Gasteiger partial charge < -0.3 is 25.3 Å². The first kappa shape index (κ1) is 27.1. The highest BCUT2D eigenvalue weighted by Crippen LogP contribution is 2.23. The van der Waals surface area contributed by atoms with Gasteiger partial charge in [-0.1, -0.05) is 25.8 Å². The van der Waals surface area contributed by atoms with Gasteiger partial charge >= 0.3 is 0 Å². The van der Waals surface area contributed by atoms with Crippen molar-refractivity contribution >= 4 is 23.6 Å². The molecule has 0 saturated carbocycles. The lowest BCUT2D eigenvalue weighted by molar-refractivity contribution is -0.171. The molecule has 2 fully saturated rings. The summed E-state index contributed by atoms with van der Waals surface area (Å²) in [6.45, 7) is 11.2. The number of aliphatic hydroxyl groups is 1. The standard InChI is InChI=1S/C23H42N4O4S/c1-22(2,16-31-20-10-6-7-12-30-20)18(24)13-19(28)26-21(29)23(3,4)25-14-17-9-8-11-27(15-17)32-5/h13,17,20,24-25,28H,6-12,14-16H2,1-5H3,(H,26,29)/b19-13-,24-18?/t17-,20?/m1/s1. The van der Waals surface area contributed by atoms with Gasteiger partial charge in [-0.15, -0.1) is 0 Å². The minimum atomic E-state index is -0.845. The zero-order valence-electron chi connectivity index (χ0n) is 20.3. The maximum atomic E-state index is 12.7.